The van der Waals surface area contributed by atoms with Crippen molar-refractivity contribution in [3.63, 3.8) is 0 Å². The molecule has 0 aromatic carbocycles. The second-order valence-corrected chi connectivity index (χ2v) is 4.63. The molecule has 1 aromatic heterocycles. The number of thioether (sulfide) groups is 1. The summed E-state index contributed by atoms with van der Waals surface area (Å²) in [5.41, 5.74) is 1.07. The number of aliphatic hydroxyl groups is 1. The van der Waals surface area contributed by atoms with Crippen LogP contribution in [0, 0.1) is 11.8 Å². The van der Waals surface area contributed by atoms with E-state index in [1.807, 2.05) is 23.2 Å². The fraction of sp³-hybridized carbons (Fsp3) is 0.400. The molecule has 0 aliphatic rings. The summed E-state index contributed by atoms with van der Waals surface area (Å²) in [6, 6.07) is 2.01. The third-order valence-electron chi connectivity index (χ3n) is 1.48. The topological polar surface area (TPSA) is 20.2 Å². The number of thiophene rings is 1. The molecule has 0 aliphatic heterocycles. The van der Waals surface area contributed by atoms with Crippen LogP contribution < -0.4 is 0 Å². The number of hydrogen-bond acceptors (Lipinski definition) is 3. The summed E-state index contributed by atoms with van der Waals surface area (Å²) in [5, 5.41) is 10.6. The summed E-state index contributed by atoms with van der Waals surface area (Å²) in [4.78, 5) is 1.31. The third kappa shape index (κ3) is 3.43. The van der Waals surface area contributed by atoms with Crippen molar-refractivity contribution in [2.24, 2.45) is 0 Å². The molecule has 0 amide bonds. The minimum absolute atomic E-state index is 0.0593. The van der Waals surface area contributed by atoms with Crippen LogP contribution in [0.15, 0.2) is 11.4 Å². The van der Waals surface area contributed by atoms with Gasteiger partial charge in [0.25, 0.3) is 0 Å². The first-order valence-electron chi connectivity index (χ1n) is 4.12. The molecule has 0 bridgehead atoms. The van der Waals surface area contributed by atoms with Gasteiger partial charge in [0.1, 0.15) is 6.61 Å². The van der Waals surface area contributed by atoms with Crippen molar-refractivity contribution in [3.05, 3.63) is 21.9 Å². The Morgan fingerprint density at radius 3 is 3.15 bits per heavy atom. The zero-order valence-electron chi connectivity index (χ0n) is 7.54. The lowest BCUT2D eigenvalue weighted by Crippen LogP contribution is -1.81. The maximum Gasteiger partial charge on any atom is 0.104 e. The summed E-state index contributed by atoms with van der Waals surface area (Å²) in [7, 11) is 0. The predicted octanol–water partition coefficient (Wildman–Crippen LogP) is 2.35. The van der Waals surface area contributed by atoms with E-state index in [1.54, 1.807) is 11.3 Å². The van der Waals surface area contributed by atoms with Crippen molar-refractivity contribution in [2.45, 2.75) is 12.7 Å². The predicted molar refractivity (Wildman–Crippen MR) is 60.1 cm³/mol. The zero-order valence-corrected chi connectivity index (χ0v) is 9.17. The van der Waals surface area contributed by atoms with Crippen LogP contribution in [-0.4, -0.2) is 17.5 Å². The van der Waals surface area contributed by atoms with Gasteiger partial charge in [0.15, 0.2) is 0 Å². The maximum atomic E-state index is 8.56. The highest BCUT2D eigenvalue weighted by molar-refractivity contribution is 7.98. The molecule has 0 spiro atoms. The quantitative estimate of drug-likeness (QED) is 0.776. The highest BCUT2D eigenvalue weighted by atomic mass is 32.2. The summed E-state index contributed by atoms with van der Waals surface area (Å²) in [6.07, 6.45) is 0. The first-order valence-corrected chi connectivity index (χ1v) is 6.15. The lowest BCUT2D eigenvalue weighted by atomic mass is 10.3. The summed E-state index contributed by atoms with van der Waals surface area (Å²) < 4.78 is 0. The van der Waals surface area contributed by atoms with E-state index in [9.17, 15) is 0 Å². The van der Waals surface area contributed by atoms with Gasteiger partial charge in [-0.05, 0) is 17.2 Å². The molecule has 1 aromatic rings. The fourth-order valence-electron chi connectivity index (χ4n) is 0.893. The van der Waals surface area contributed by atoms with Crippen molar-refractivity contribution >= 4 is 23.1 Å². The number of hydrogen-bond donors (Lipinski definition) is 1. The first kappa shape index (κ1) is 10.6. The molecule has 0 saturated carbocycles. The molecule has 0 fully saturated rings. The Hall–Kier alpha value is -0.430. The molecular weight excluding hydrogens is 200 g/mol. The van der Waals surface area contributed by atoms with E-state index < -0.39 is 0 Å². The van der Waals surface area contributed by atoms with Crippen LogP contribution in [0.25, 0.3) is 0 Å². The number of rotatable bonds is 3. The van der Waals surface area contributed by atoms with Crippen LogP contribution in [-0.2, 0) is 5.75 Å². The van der Waals surface area contributed by atoms with E-state index in [0.717, 1.165) is 17.1 Å². The van der Waals surface area contributed by atoms with Gasteiger partial charge in [-0.1, -0.05) is 18.8 Å². The van der Waals surface area contributed by atoms with E-state index in [4.69, 9.17) is 5.11 Å². The summed E-state index contributed by atoms with van der Waals surface area (Å²) >= 11 is 3.63. The highest BCUT2D eigenvalue weighted by Gasteiger charge is 2.00. The largest absolute Gasteiger partial charge is 0.384 e. The van der Waals surface area contributed by atoms with E-state index in [-0.39, 0.29) is 6.61 Å². The Labute approximate surface area is 87.2 Å². The molecule has 0 unspecified atom stereocenters. The van der Waals surface area contributed by atoms with Crippen LogP contribution in [0.4, 0.5) is 0 Å². The van der Waals surface area contributed by atoms with Crippen LogP contribution in [0.2, 0.25) is 0 Å². The molecule has 70 valence electrons. The molecule has 1 heterocycles. The van der Waals surface area contributed by atoms with Gasteiger partial charge in [-0.25, -0.2) is 0 Å². The lowest BCUT2D eigenvalue weighted by molar-refractivity contribution is 0.350. The Morgan fingerprint density at radius 1 is 1.62 bits per heavy atom. The standard InChI is InChI=1S/C10H12OS2/c1-2-12-8-10-9(4-3-6-11)5-7-13-10/h5,7,11H,2,6,8H2,1H3. The van der Waals surface area contributed by atoms with Crippen LogP contribution >= 0.6 is 23.1 Å². The normalized spacial score (nSPS) is 9.38. The van der Waals surface area contributed by atoms with Crippen molar-refractivity contribution in [1.82, 2.24) is 0 Å². The summed E-state index contributed by atoms with van der Waals surface area (Å²) in [5.74, 6) is 7.78. The monoisotopic (exact) mass is 212 g/mol. The fourth-order valence-corrected chi connectivity index (χ4v) is 2.57. The minimum Gasteiger partial charge on any atom is -0.384 e. The average molecular weight is 212 g/mol. The van der Waals surface area contributed by atoms with E-state index in [1.165, 1.54) is 4.88 Å². The van der Waals surface area contributed by atoms with Crippen molar-refractivity contribution in [1.29, 1.82) is 0 Å². The highest BCUT2D eigenvalue weighted by Crippen LogP contribution is 2.21. The van der Waals surface area contributed by atoms with Gasteiger partial charge in [-0.15, -0.1) is 11.3 Å². The molecule has 13 heavy (non-hydrogen) atoms. The molecular formula is C10H12OS2. The van der Waals surface area contributed by atoms with Crippen molar-refractivity contribution in [3.8, 4) is 11.8 Å². The SMILES string of the molecule is CCSCc1sccc1C#CCO. The maximum absolute atomic E-state index is 8.56. The van der Waals surface area contributed by atoms with Gasteiger partial charge in [0.05, 0.1) is 0 Å². The van der Waals surface area contributed by atoms with Gasteiger partial charge < -0.3 is 5.11 Å². The smallest absolute Gasteiger partial charge is 0.104 e. The van der Waals surface area contributed by atoms with Gasteiger partial charge in [-0.3, -0.25) is 0 Å². The first-order chi connectivity index (χ1) is 6.38. The third-order valence-corrected chi connectivity index (χ3v) is 3.49. The Balaban J connectivity index is 2.65. The molecule has 1 rings (SSSR count). The van der Waals surface area contributed by atoms with E-state index in [0.29, 0.717) is 0 Å². The second-order valence-electron chi connectivity index (χ2n) is 2.35. The lowest BCUT2D eigenvalue weighted by Gasteiger charge is -1.95. The van der Waals surface area contributed by atoms with Gasteiger partial charge >= 0.3 is 0 Å². The molecule has 0 atom stereocenters. The minimum atomic E-state index is -0.0593. The van der Waals surface area contributed by atoms with E-state index in [2.05, 4.69) is 18.8 Å². The van der Waals surface area contributed by atoms with Crippen LogP contribution in [0.5, 0.6) is 0 Å². The van der Waals surface area contributed by atoms with Crippen molar-refractivity contribution in [2.75, 3.05) is 12.4 Å². The van der Waals surface area contributed by atoms with E-state index >= 15 is 0 Å². The molecule has 1 N–H and O–H groups in total. The average Bonchev–Trinajstić information content (AvgIpc) is 2.59. The van der Waals surface area contributed by atoms with Gasteiger partial charge in [0, 0.05) is 16.2 Å². The number of aliphatic hydroxyl groups excluding tert-OH is 1. The van der Waals surface area contributed by atoms with Crippen LogP contribution in [0.1, 0.15) is 17.4 Å². The molecule has 0 saturated heterocycles. The Kier molecular flexibility index (Phi) is 4.99. The summed E-state index contributed by atoms with van der Waals surface area (Å²) in [6.45, 7) is 2.09. The molecule has 1 nitrogen and oxygen atoms in total. The second kappa shape index (κ2) is 6.09. The van der Waals surface area contributed by atoms with Gasteiger partial charge in [-0.2, -0.15) is 11.8 Å². The molecule has 3 heteroatoms. The molecule has 0 radical (unpaired) electrons. The molecule has 0 aliphatic carbocycles. The Bertz CT molecular complexity index is 306. The van der Waals surface area contributed by atoms with Crippen molar-refractivity contribution < 1.29 is 5.11 Å². The van der Waals surface area contributed by atoms with Crippen LogP contribution in [0.3, 0.4) is 0 Å². The van der Waals surface area contributed by atoms with Gasteiger partial charge in [0.2, 0.25) is 0 Å². The zero-order chi connectivity index (χ0) is 9.52. The Morgan fingerprint density at radius 2 is 2.46 bits per heavy atom.